The summed E-state index contributed by atoms with van der Waals surface area (Å²) in [5, 5.41) is 8.01. The van der Waals surface area contributed by atoms with Crippen LogP contribution < -0.4 is 0 Å². The highest BCUT2D eigenvalue weighted by atomic mass is 15.1. The Morgan fingerprint density at radius 2 is 2.40 bits per heavy atom. The Hall–Kier alpha value is -0.920. The van der Waals surface area contributed by atoms with Crippen molar-refractivity contribution in [2.45, 2.75) is 19.8 Å². The fourth-order valence-electron chi connectivity index (χ4n) is 1.42. The molecule has 2 aliphatic rings. The standard InChI is InChI=1S/C8H10N2/c1-6-3-2-4-8-7(6)5-9-10-8/h4H,2-3,5H2,1H3. The lowest BCUT2D eigenvalue weighted by atomic mass is 9.97. The van der Waals surface area contributed by atoms with E-state index in [2.05, 4.69) is 23.2 Å². The zero-order chi connectivity index (χ0) is 6.97. The molecule has 0 atom stereocenters. The van der Waals surface area contributed by atoms with Crippen LogP contribution in [0.2, 0.25) is 0 Å². The maximum Gasteiger partial charge on any atom is 0.0874 e. The van der Waals surface area contributed by atoms with Gasteiger partial charge in [0.25, 0.3) is 0 Å². The first kappa shape index (κ1) is 5.83. The van der Waals surface area contributed by atoms with E-state index in [9.17, 15) is 0 Å². The molecule has 0 radical (unpaired) electrons. The van der Waals surface area contributed by atoms with E-state index in [1.165, 1.54) is 17.6 Å². The fraction of sp³-hybridized carbons (Fsp3) is 0.500. The number of fused-ring (bicyclic) bond motifs is 1. The molecular formula is C8H10N2. The van der Waals surface area contributed by atoms with E-state index < -0.39 is 0 Å². The number of allylic oxidation sites excluding steroid dienone is 2. The van der Waals surface area contributed by atoms with Crippen LogP contribution in [0.4, 0.5) is 0 Å². The van der Waals surface area contributed by atoms with Crippen molar-refractivity contribution in [1.82, 2.24) is 0 Å². The summed E-state index contributed by atoms with van der Waals surface area (Å²) in [6, 6.07) is 0. The second-order valence-corrected chi connectivity index (χ2v) is 2.79. The van der Waals surface area contributed by atoms with E-state index in [0.717, 1.165) is 18.7 Å². The minimum absolute atomic E-state index is 0.817. The van der Waals surface area contributed by atoms with Crippen LogP contribution in [0.15, 0.2) is 33.1 Å². The molecule has 2 nitrogen and oxygen atoms in total. The highest BCUT2D eigenvalue weighted by Crippen LogP contribution is 2.29. The molecule has 0 unspecified atom stereocenters. The summed E-state index contributed by atoms with van der Waals surface area (Å²) < 4.78 is 0. The van der Waals surface area contributed by atoms with Crippen molar-refractivity contribution in [2.24, 2.45) is 10.2 Å². The van der Waals surface area contributed by atoms with Gasteiger partial charge in [-0.25, -0.2) is 0 Å². The van der Waals surface area contributed by atoms with E-state index in [0.29, 0.717) is 0 Å². The Morgan fingerprint density at radius 3 is 3.20 bits per heavy atom. The van der Waals surface area contributed by atoms with E-state index in [1.807, 2.05) is 0 Å². The molecule has 0 aromatic rings. The Bertz CT molecular complexity index is 246. The summed E-state index contributed by atoms with van der Waals surface area (Å²) in [5.41, 5.74) is 3.97. The van der Waals surface area contributed by atoms with Crippen LogP contribution in [0.1, 0.15) is 19.8 Å². The van der Waals surface area contributed by atoms with Crippen molar-refractivity contribution in [3.63, 3.8) is 0 Å². The number of nitrogens with zero attached hydrogens (tertiary/aromatic N) is 2. The minimum Gasteiger partial charge on any atom is -0.184 e. The van der Waals surface area contributed by atoms with Gasteiger partial charge in [0.2, 0.25) is 0 Å². The molecule has 2 rings (SSSR count). The van der Waals surface area contributed by atoms with E-state index >= 15 is 0 Å². The second-order valence-electron chi connectivity index (χ2n) is 2.79. The van der Waals surface area contributed by atoms with Gasteiger partial charge >= 0.3 is 0 Å². The smallest absolute Gasteiger partial charge is 0.0874 e. The van der Waals surface area contributed by atoms with Crippen molar-refractivity contribution in [3.8, 4) is 0 Å². The van der Waals surface area contributed by atoms with Crippen molar-refractivity contribution >= 4 is 0 Å². The highest BCUT2D eigenvalue weighted by Gasteiger charge is 2.16. The van der Waals surface area contributed by atoms with E-state index in [4.69, 9.17) is 0 Å². The van der Waals surface area contributed by atoms with Crippen molar-refractivity contribution in [3.05, 3.63) is 22.9 Å². The topological polar surface area (TPSA) is 24.7 Å². The number of rotatable bonds is 0. The Labute approximate surface area is 60.3 Å². The van der Waals surface area contributed by atoms with Gasteiger partial charge in [0.1, 0.15) is 0 Å². The Morgan fingerprint density at radius 1 is 1.50 bits per heavy atom. The molecule has 10 heavy (non-hydrogen) atoms. The number of hydrogen-bond acceptors (Lipinski definition) is 2. The molecule has 0 bridgehead atoms. The first-order chi connectivity index (χ1) is 4.88. The van der Waals surface area contributed by atoms with Gasteiger partial charge in [-0.1, -0.05) is 11.6 Å². The summed E-state index contributed by atoms with van der Waals surface area (Å²) in [6.07, 6.45) is 4.52. The van der Waals surface area contributed by atoms with Gasteiger partial charge in [0, 0.05) is 5.57 Å². The first-order valence-corrected chi connectivity index (χ1v) is 3.64. The molecule has 0 saturated heterocycles. The third kappa shape index (κ3) is 0.719. The van der Waals surface area contributed by atoms with Crippen molar-refractivity contribution in [1.29, 1.82) is 0 Å². The quantitative estimate of drug-likeness (QED) is 0.486. The lowest BCUT2D eigenvalue weighted by Crippen LogP contribution is -1.95. The highest BCUT2D eigenvalue weighted by molar-refractivity contribution is 5.39. The predicted octanol–water partition coefficient (Wildman–Crippen LogP) is 2.45. The lowest BCUT2D eigenvalue weighted by molar-refractivity contribution is 0.920. The molecule has 2 heteroatoms. The maximum absolute atomic E-state index is 4.04. The molecule has 1 aliphatic heterocycles. The third-order valence-corrected chi connectivity index (χ3v) is 2.09. The molecule has 1 heterocycles. The zero-order valence-corrected chi connectivity index (χ0v) is 6.09. The van der Waals surface area contributed by atoms with Gasteiger partial charge in [-0.05, 0) is 19.8 Å². The summed E-state index contributed by atoms with van der Waals surface area (Å²) in [7, 11) is 0. The van der Waals surface area contributed by atoms with Gasteiger partial charge in [-0.2, -0.15) is 10.2 Å². The van der Waals surface area contributed by atoms with Crippen LogP contribution in [0.25, 0.3) is 0 Å². The molecule has 1 aliphatic carbocycles. The number of hydrogen-bond donors (Lipinski definition) is 0. The molecule has 0 aromatic heterocycles. The Kier molecular flexibility index (Phi) is 1.19. The average Bonchev–Trinajstić information content (AvgIpc) is 2.36. The third-order valence-electron chi connectivity index (χ3n) is 2.09. The van der Waals surface area contributed by atoms with Gasteiger partial charge in [-0.3, -0.25) is 0 Å². The summed E-state index contributed by atoms with van der Waals surface area (Å²) in [6.45, 7) is 3.00. The largest absolute Gasteiger partial charge is 0.184 e. The molecule has 0 N–H and O–H groups in total. The fourth-order valence-corrected chi connectivity index (χ4v) is 1.42. The SMILES string of the molecule is CC1=C2CN=NC2=CCC1. The van der Waals surface area contributed by atoms with E-state index in [-0.39, 0.29) is 0 Å². The number of azo groups is 1. The molecule has 0 aromatic carbocycles. The van der Waals surface area contributed by atoms with Gasteiger partial charge in [0.15, 0.2) is 0 Å². The van der Waals surface area contributed by atoms with Gasteiger partial charge < -0.3 is 0 Å². The average molecular weight is 134 g/mol. The first-order valence-electron chi connectivity index (χ1n) is 3.64. The molecule has 0 fully saturated rings. The summed E-state index contributed by atoms with van der Waals surface area (Å²) >= 11 is 0. The maximum atomic E-state index is 4.04. The summed E-state index contributed by atoms with van der Waals surface area (Å²) in [4.78, 5) is 0. The molecular weight excluding hydrogens is 124 g/mol. The monoisotopic (exact) mass is 134 g/mol. The minimum atomic E-state index is 0.817. The van der Waals surface area contributed by atoms with Crippen LogP contribution >= 0.6 is 0 Å². The molecule has 0 amide bonds. The lowest BCUT2D eigenvalue weighted by Gasteiger charge is -2.09. The van der Waals surface area contributed by atoms with Gasteiger partial charge in [-0.15, -0.1) is 0 Å². The molecule has 52 valence electrons. The molecule has 0 spiro atoms. The summed E-state index contributed by atoms with van der Waals surface area (Å²) in [5.74, 6) is 0. The van der Waals surface area contributed by atoms with Crippen molar-refractivity contribution in [2.75, 3.05) is 6.54 Å². The van der Waals surface area contributed by atoms with Crippen LogP contribution in [-0.4, -0.2) is 6.54 Å². The van der Waals surface area contributed by atoms with Crippen LogP contribution in [0.3, 0.4) is 0 Å². The normalized spacial score (nSPS) is 23.1. The Balaban J connectivity index is 2.44. The molecule has 0 saturated carbocycles. The predicted molar refractivity (Wildman–Crippen MR) is 39.7 cm³/mol. The van der Waals surface area contributed by atoms with Crippen LogP contribution in [0.5, 0.6) is 0 Å². The van der Waals surface area contributed by atoms with Crippen molar-refractivity contribution < 1.29 is 0 Å². The second kappa shape index (κ2) is 2.04. The zero-order valence-electron chi connectivity index (χ0n) is 6.09. The van der Waals surface area contributed by atoms with Crippen LogP contribution in [-0.2, 0) is 0 Å². The van der Waals surface area contributed by atoms with Gasteiger partial charge in [0.05, 0.1) is 12.2 Å². The van der Waals surface area contributed by atoms with E-state index in [1.54, 1.807) is 0 Å². The van der Waals surface area contributed by atoms with Crippen LogP contribution in [0, 0.1) is 0 Å².